The molecule has 0 aromatic heterocycles. The van der Waals surface area contributed by atoms with Crippen molar-refractivity contribution in [2.75, 3.05) is 26.3 Å². The number of hydrogen-bond acceptors (Lipinski definition) is 2. The average molecular weight is 231 g/mol. The Morgan fingerprint density at radius 1 is 1.18 bits per heavy atom. The Bertz CT molecular complexity index is 350. The number of nitrogens with zero attached hydrogens (tertiary/aromatic N) is 1. The van der Waals surface area contributed by atoms with Crippen molar-refractivity contribution < 1.29 is 4.74 Å². The normalized spacial score (nSPS) is 17.7. The van der Waals surface area contributed by atoms with E-state index in [4.69, 9.17) is 4.74 Å². The average Bonchev–Trinajstić information content (AvgIpc) is 2.39. The van der Waals surface area contributed by atoms with Crippen molar-refractivity contribution in [3.8, 4) is 0 Å². The number of benzene rings is 1. The monoisotopic (exact) mass is 231 g/mol. The first-order valence-corrected chi connectivity index (χ1v) is 6.44. The van der Waals surface area contributed by atoms with Crippen LogP contribution >= 0.6 is 0 Å². The summed E-state index contributed by atoms with van der Waals surface area (Å²) in [5.41, 5.74) is 2.68. The summed E-state index contributed by atoms with van der Waals surface area (Å²) in [6, 6.07) is 8.85. The van der Waals surface area contributed by atoms with Gasteiger partial charge in [-0.05, 0) is 17.5 Å². The minimum absolute atomic E-state index is 0.872. The number of ether oxygens (including phenoxy) is 1. The summed E-state index contributed by atoms with van der Waals surface area (Å²) in [5, 5.41) is 0. The fourth-order valence-corrected chi connectivity index (χ4v) is 2.01. The summed E-state index contributed by atoms with van der Waals surface area (Å²) in [4.78, 5) is 2.44. The minimum Gasteiger partial charge on any atom is -0.379 e. The third-order valence-electron chi connectivity index (χ3n) is 3.04. The van der Waals surface area contributed by atoms with Crippen LogP contribution in [0.25, 0.3) is 6.08 Å². The topological polar surface area (TPSA) is 12.5 Å². The SMILES string of the molecule is CC/C=C/c1ccc(CN2CCOCC2)cc1. The molecule has 0 radical (unpaired) electrons. The molecule has 0 aliphatic carbocycles. The Kier molecular flexibility index (Phi) is 4.77. The first-order valence-electron chi connectivity index (χ1n) is 6.44. The molecule has 1 aromatic rings. The molecule has 0 N–H and O–H groups in total. The van der Waals surface area contributed by atoms with Gasteiger partial charge in [0.15, 0.2) is 0 Å². The molecule has 1 aromatic carbocycles. The molecular weight excluding hydrogens is 210 g/mol. The predicted molar refractivity (Wildman–Crippen MR) is 71.9 cm³/mol. The highest BCUT2D eigenvalue weighted by Crippen LogP contribution is 2.10. The van der Waals surface area contributed by atoms with Crippen molar-refractivity contribution >= 4 is 6.08 Å². The lowest BCUT2D eigenvalue weighted by Gasteiger charge is -2.26. The van der Waals surface area contributed by atoms with E-state index < -0.39 is 0 Å². The van der Waals surface area contributed by atoms with Crippen LogP contribution in [0.3, 0.4) is 0 Å². The van der Waals surface area contributed by atoms with Crippen molar-refractivity contribution in [2.24, 2.45) is 0 Å². The lowest BCUT2D eigenvalue weighted by molar-refractivity contribution is 0.0342. The first kappa shape index (κ1) is 12.3. The van der Waals surface area contributed by atoms with Crippen molar-refractivity contribution in [1.82, 2.24) is 4.90 Å². The van der Waals surface area contributed by atoms with E-state index in [0.29, 0.717) is 0 Å². The fraction of sp³-hybridized carbons (Fsp3) is 0.467. The van der Waals surface area contributed by atoms with E-state index in [1.807, 2.05) is 0 Å². The smallest absolute Gasteiger partial charge is 0.0594 e. The Morgan fingerprint density at radius 3 is 2.53 bits per heavy atom. The molecule has 0 bridgehead atoms. The number of morpholine rings is 1. The quantitative estimate of drug-likeness (QED) is 0.790. The van der Waals surface area contributed by atoms with E-state index in [-0.39, 0.29) is 0 Å². The summed E-state index contributed by atoms with van der Waals surface area (Å²) < 4.78 is 5.35. The largest absolute Gasteiger partial charge is 0.379 e. The summed E-state index contributed by atoms with van der Waals surface area (Å²) in [5.74, 6) is 0. The second kappa shape index (κ2) is 6.58. The van der Waals surface area contributed by atoms with Crippen LogP contribution in [0.2, 0.25) is 0 Å². The van der Waals surface area contributed by atoms with Gasteiger partial charge in [0.05, 0.1) is 13.2 Å². The van der Waals surface area contributed by atoms with Gasteiger partial charge in [0.2, 0.25) is 0 Å². The van der Waals surface area contributed by atoms with Crippen molar-refractivity contribution in [3.63, 3.8) is 0 Å². The molecule has 1 aliphatic heterocycles. The van der Waals surface area contributed by atoms with Crippen LogP contribution in [0.1, 0.15) is 24.5 Å². The molecule has 2 nitrogen and oxygen atoms in total. The Morgan fingerprint density at radius 2 is 1.88 bits per heavy atom. The third-order valence-corrected chi connectivity index (χ3v) is 3.04. The molecule has 1 fully saturated rings. The Balaban J connectivity index is 1.90. The molecule has 0 spiro atoms. The lowest BCUT2D eigenvalue weighted by atomic mass is 10.1. The standard InChI is InChI=1S/C15H21NO/c1-2-3-4-14-5-7-15(8-6-14)13-16-9-11-17-12-10-16/h3-8H,2,9-13H2,1H3/b4-3+. The van der Waals surface area contributed by atoms with Crippen molar-refractivity contribution in [1.29, 1.82) is 0 Å². The molecule has 92 valence electrons. The maximum Gasteiger partial charge on any atom is 0.0594 e. The highest BCUT2D eigenvalue weighted by Gasteiger charge is 2.09. The van der Waals surface area contributed by atoms with Gasteiger partial charge < -0.3 is 4.74 Å². The van der Waals surface area contributed by atoms with Gasteiger partial charge >= 0.3 is 0 Å². The number of hydrogen-bond donors (Lipinski definition) is 0. The van der Waals surface area contributed by atoms with E-state index in [1.54, 1.807) is 0 Å². The fourth-order valence-electron chi connectivity index (χ4n) is 2.01. The number of rotatable bonds is 4. The molecule has 0 amide bonds. The molecule has 1 heterocycles. The van der Waals surface area contributed by atoms with Crippen LogP contribution in [0, 0.1) is 0 Å². The summed E-state index contributed by atoms with van der Waals surface area (Å²) in [6.07, 6.45) is 5.46. The molecule has 0 atom stereocenters. The van der Waals surface area contributed by atoms with Crippen LogP contribution in [-0.2, 0) is 11.3 Å². The molecule has 2 heteroatoms. The lowest BCUT2D eigenvalue weighted by Crippen LogP contribution is -2.35. The molecule has 17 heavy (non-hydrogen) atoms. The molecule has 1 aliphatic rings. The van der Waals surface area contributed by atoms with E-state index in [1.165, 1.54) is 11.1 Å². The summed E-state index contributed by atoms with van der Waals surface area (Å²) >= 11 is 0. The molecule has 0 saturated carbocycles. The van der Waals surface area contributed by atoms with Gasteiger partial charge in [-0.1, -0.05) is 43.3 Å². The zero-order chi connectivity index (χ0) is 11.9. The van der Waals surface area contributed by atoms with E-state index in [0.717, 1.165) is 39.3 Å². The van der Waals surface area contributed by atoms with Gasteiger partial charge in [-0.3, -0.25) is 4.90 Å². The molecule has 0 unspecified atom stereocenters. The predicted octanol–water partition coefficient (Wildman–Crippen LogP) is 2.94. The second-order valence-corrected chi connectivity index (χ2v) is 4.44. The molecular formula is C15H21NO. The van der Waals surface area contributed by atoms with Gasteiger partial charge in [0.25, 0.3) is 0 Å². The zero-order valence-electron chi connectivity index (χ0n) is 10.6. The van der Waals surface area contributed by atoms with Crippen LogP contribution in [0.5, 0.6) is 0 Å². The van der Waals surface area contributed by atoms with Gasteiger partial charge in [0.1, 0.15) is 0 Å². The Hall–Kier alpha value is -1.12. The first-order chi connectivity index (χ1) is 8.38. The van der Waals surface area contributed by atoms with Crippen LogP contribution in [0.15, 0.2) is 30.3 Å². The van der Waals surface area contributed by atoms with Crippen LogP contribution in [0.4, 0.5) is 0 Å². The van der Waals surface area contributed by atoms with E-state index in [2.05, 4.69) is 48.2 Å². The Labute approximate surface area is 104 Å². The molecule has 1 saturated heterocycles. The minimum atomic E-state index is 0.872. The van der Waals surface area contributed by atoms with Crippen LogP contribution in [-0.4, -0.2) is 31.2 Å². The maximum atomic E-state index is 5.35. The summed E-state index contributed by atoms with van der Waals surface area (Å²) in [6.45, 7) is 7.05. The number of allylic oxidation sites excluding steroid dienone is 1. The van der Waals surface area contributed by atoms with Gasteiger partial charge in [-0.2, -0.15) is 0 Å². The van der Waals surface area contributed by atoms with Crippen molar-refractivity contribution in [2.45, 2.75) is 19.9 Å². The highest BCUT2D eigenvalue weighted by atomic mass is 16.5. The third kappa shape index (κ3) is 3.99. The van der Waals surface area contributed by atoms with Gasteiger partial charge in [0, 0.05) is 19.6 Å². The zero-order valence-corrected chi connectivity index (χ0v) is 10.6. The van der Waals surface area contributed by atoms with Gasteiger partial charge in [-0.25, -0.2) is 0 Å². The highest BCUT2D eigenvalue weighted by molar-refractivity contribution is 5.49. The molecule has 2 rings (SSSR count). The summed E-state index contributed by atoms with van der Waals surface area (Å²) in [7, 11) is 0. The van der Waals surface area contributed by atoms with Crippen LogP contribution < -0.4 is 0 Å². The second-order valence-electron chi connectivity index (χ2n) is 4.44. The van der Waals surface area contributed by atoms with E-state index >= 15 is 0 Å². The van der Waals surface area contributed by atoms with Gasteiger partial charge in [-0.15, -0.1) is 0 Å². The maximum absolute atomic E-state index is 5.35. The van der Waals surface area contributed by atoms with E-state index in [9.17, 15) is 0 Å². The van der Waals surface area contributed by atoms with Crippen molar-refractivity contribution in [3.05, 3.63) is 41.5 Å².